The number of carbonyl (C=O) groups excluding carboxylic acids is 1. The van der Waals surface area contributed by atoms with Gasteiger partial charge in [-0.2, -0.15) is 0 Å². The molecule has 0 spiro atoms. The first-order valence-corrected chi connectivity index (χ1v) is 10.2. The van der Waals surface area contributed by atoms with E-state index in [9.17, 15) is 15.0 Å². The van der Waals surface area contributed by atoms with Gasteiger partial charge in [-0.05, 0) is 49.9 Å². The second-order valence-electron chi connectivity index (χ2n) is 8.30. The molecule has 0 bridgehead atoms. The summed E-state index contributed by atoms with van der Waals surface area (Å²) < 4.78 is 0. The Balaban J connectivity index is 1.79. The van der Waals surface area contributed by atoms with E-state index in [-0.39, 0.29) is 42.3 Å². The number of rotatable bonds is 5. The van der Waals surface area contributed by atoms with Crippen molar-refractivity contribution in [2.75, 3.05) is 13.2 Å². The number of carbonyl (C=O) groups is 1. The molecule has 2 aromatic carbocycles. The number of aliphatic hydroxyl groups excluding tert-OH is 1. The molecule has 6 nitrogen and oxygen atoms in total. The lowest BCUT2D eigenvalue weighted by Gasteiger charge is -2.32. The van der Waals surface area contributed by atoms with Crippen molar-refractivity contribution in [2.45, 2.75) is 45.3 Å². The third kappa shape index (κ3) is 3.41. The van der Waals surface area contributed by atoms with Crippen molar-refractivity contribution in [1.29, 1.82) is 0 Å². The first-order valence-electron chi connectivity index (χ1n) is 10.2. The standard InChI is InChI=1S/C23H29N3O3/c1-13-5-7-16(8-6-13)22-19-20(18-15(3)11-14(2)12-17(18)28)24-25-21(19)23(29)26(22)9-4-10-27/h5-8,11-12,19-22,24-25,27-28H,4,9-10H2,1-3H3. The van der Waals surface area contributed by atoms with Crippen molar-refractivity contribution in [3.8, 4) is 5.75 Å². The number of phenols is 1. The zero-order chi connectivity index (χ0) is 20.7. The topological polar surface area (TPSA) is 84.8 Å². The number of hydrazine groups is 1. The zero-order valence-electron chi connectivity index (χ0n) is 17.1. The summed E-state index contributed by atoms with van der Waals surface area (Å²) in [5.74, 6) is 0.218. The van der Waals surface area contributed by atoms with E-state index in [1.54, 1.807) is 6.07 Å². The number of fused-ring (bicyclic) bond motifs is 1. The van der Waals surface area contributed by atoms with Crippen LogP contribution in [-0.4, -0.2) is 40.2 Å². The highest BCUT2D eigenvalue weighted by Gasteiger charge is 2.55. The second-order valence-corrected chi connectivity index (χ2v) is 8.30. The molecule has 154 valence electrons. The Morgan fingerprint density at radius 3 is 2.34 bits per heavy atom. The Morgan fingerprint density at radius 2 is 1.69 bits per heavy atom. The molecule has 4 rings (SSSR count). The zero-order valence-corrected chi connectivity index (χ0v) is 17.1. The molecular weight excluding hydrogens is 366 g/mol. The molecule has 29 heavy (non-hydrogen) atoms. The van der Waals surface area contributed by atoms with Crippen LogP contribution >= 0.6 is 0 Å². The van der Waals surface area contributed by atoms with Crippen LogP contribution in [0, 0.1) is 26.7 Å². The lowest BCUT2D eigenvalue weighted by Crippen LogP contribution is -2.41. The van der Waals surface area contributed by atoms with Gasteiger partial charge in [-0.15, -0.1) is 0 Å². The molecule has 4 unspecified atom stereocenters. The Bertz CT molecular complexity index is 889. The summed E-state index contributed by atoms with van der Waals surface area (Å²) in [6.07, 6.45) is 0.542. The van der Waals surface area contributed by atoms with Crippen LogP contribution in [0.15, 0.2) is 36.4 Å². The van der Waals surface area contributed by atoms with Gasteiger partial charge in [0.25, 0.3) is 0 Å². The molecule has 2 aliphatic rings. The number of aliphatic hydroxyl groups is 1. The average Bonchev–Trinajstić information content (AvgIpc) is 3.20. The number of phenolic OH excluding ortho intramolecular Hbond substituents is 1. The van der Waals surface area contributed by atoms with Crippen LogP contribution in [-0.2, 0) is 4.79 Å². The maximum atomic E-state index is 13.2. The molecule has 1 amide bonds. The summed E-state index contributed by atoms with van der Waals surface area (Å²) in [6, 6.07) is 11.4. The normalized spacial score (nSPS) is 26.2. The highest BCUT2D eigenvalue weighted by molar-refractivity contribution is 5.86. The van der Waals surface area contributed by atoms with E-state index in [1.807, 2.05) is 25.7 Å². The lowest BCUT2D eigenvalue weighted by atomic mass is 9.81. The van der Waals surface area contributed by atoms with Gasteiger partial charge in [-0.25, -0.2) is 10.9 Å². The van der Waals surface area contributed by atoms with Gasteiger partial charge in [0.1, 0.15) is 11.8 Å². The Hall–Kier alpha value is -2.41. The van der Waals surface area contributed by atoms with Gasteiger partial charge in [0.05, 0.1) is 12.1 Å². The summed E-state index contributed by atoms with van der Waals surface area (Å²) in [5, 5.41) is 20.1. The van der Waals surface area contributed by atoms with Gasteiger partial charge in [0, 0.05) is 24.6 Å². The molecule has 2 aliphatic heterocycles. The molecule has 0 aliphatic carbocycles. The van der Waals surface area contributed by atoms with Gasteiger partial charge in [0.2, 0.25) is 5.91 Å². The Labute approximate surface area is 171 Å². The van der Waals surface area contributed by atoms with Gasteiger partial charge in [0.15, 0.2) is 0 Å². The van der Waals surface area contributed by atoms with Crippen molar-refractivity contribution in [3.63, 3.8) is 0 Å². The maximum Gasteiger partial charge on any atom is 0.242 e. The molecule has 0 aromatic heterocycles. The minimum absolute atomic E-state index is 0.0354. The molecule has 6 heteroatoms. The number of aromatic hydroxyl groups is 1. The molecule has 4 atom stereocenters. The van der Waals surface area contributed by atoms with E-state index >= 15 is 0 Å². The molecule has 2 fully saturated rings. The van der Waals surface area contributed by atoms with Crippen LogP contribution in [0.2, 0.25) is 0 Å². The minimum atomic E-state index is -0.370. The summed E-state index contributed by atoms with van der Waals surface area (Å²) >= 11 is 0. The third-order valence-electron chi connectivity index (χ3n) is 6.21. The molecule has 0 saturated carbocycles. The van der Waals surface area contributed by atoms with Gasteiger partial charge in [-0.1, -0.05) is 35.9 Å². The smallest absolute Gasteiger partial charge is 0.242 e. The molecular formula is C23H29N3O3. The van der Waals surface area contributed by atoms with E-state index in [0.717, 1.165) is 22.3 Å². The number of benzene rings is 2. The SMILES string of the molecule is Cc1ccc(C2C3C(NNC3c3c(C)cc(C)cc3O)C(=O)N2CCCO)cc1. The van der Waals surface area contributed by atoms with E-state index in [0.29, 0.717) is 13.0 Å². The molecule has 4 N–H and O–H groups in total. The van der Waals surface area contributed by atoms with Crippen LogP contribution in [0.4, 0.5) is 0 Å². The van der Waals surface area contributed by atoms with Crippen molar-refractivity contribution >= 4 is 5.91 Å². The Kier molecular flexibility index (Phi) is 5.34. The summed E-state index contributed by atoms with van der Waals surface area (Å²) in [5.41, 5.74) is 11.6. The number of likely N-dealkylation sites (tertiary alicyclic amines) is 1. The fourth-order valence-corrected chi connectivity index (χ4v) is 4.96. The predicted octanol–water partition coefficient (Wildman–Crippen LogP) is 2.42. The van der Waals surface area contributed by atoms with E-state index in [1.165, 1.54) is 5.56 Å². The first kappa shape index (κ1) is 19.9. The largest absolute Gasteiger partial charge is 0.508 e. The first-order chi connectivity index (χ1) is 13.9. The lowest BCUT2D eigenvalue weighted by molar-refractivity contribution is -0.130. The number of aryl methyl sites for hydroxylation is 3. The van der Waals surface area contributed by atoms with Crippen LogP contribution in [0.25, 0.3) is 0 Å². The summed E-state index contributed by atoms with van der Waals surface area (Å²) in [6.45, 7) is 6.56. The maximum absolute atomic E-state index is 13.2. The molecule has 2 saturated heterocycles. The molecule has 2 aromatic rings. The van der Waals surface area contributed by atoms with Crippen LogP contribution in [0.1, 0.15) is 46.3 Å². The van der Waals surface area contributed by atoms with Crippen molar-refractivity contribution in [2.24, 2.45) is 5.92 Å². The highest BCUT2D eigenvalue weighted by Crippen LogP contribution is 2.49. The monoisotopic (exact) mass is 395 g/mol. The quantitative estimate of drug-likeness (QED) is 0.625. The van der Waals surface area contributed by atoms with E-state index in [4.69, 9.17) is 0 Å². The summed E-state index contributed by atoms with van der Waals surface area (Å²) in [4.78, 5) is 15.1. The number of hydrogen-bond donors (Lipinski definition) is 4. The summed E-state index contributed by atoms with van der Waals surface area (Å²) in [7, 11) is 0. The third-order valence-corrected chi connectivity index (χ3v) is 6.21. The number of nitrogens with zero attached hydrogens (tertiary/aromatic N) is 1. The predicted molar refractivity (Wildman–Crippen MR) is 111 cm³/mol. The van der Waals surface area contributed by atoms with E-state index < -0.39 is 0 Å². The number of hydrogen-bond acceptors (Lipinski definition) is 5. The van der Waals surface area contributed by atoms with E-state index in [2.05, 4.69) is 41.2 Å². The van der Waals surface area contributed by atoms with Crippen LogP contribution in [0.3, 0.4) is 0 Å². The van der Waals surface area contributed by atoms with Crippen LogP contribution < -0.4 is 10.9 Å². The van der Waals surface area contributed by atoms with Gasteiger partial charge in [-0.3, -0.25) is 4.79 Å². The van der Waals surface area contributed by atoms with Gasteiger partial charge < -0.3 is 15.1 Å². The van der Waals surface area contributed by atoms with Crippen molar-refractivity contribution in [1.82, 2.24) is 15.8 Å². The van der Waals surface area contributed by atoms with Crippen LogP contribution in [0.5, 0.6) is 5.75 Å². The number of amides is 1. The fourth-order valence-electron chi connectivity index (χ4n) is 4.96. The number of nitrogens with one attached hydrogen (secondary N) is 2. The fraction of sp³-hybridized carbons (Fsp3) is 0.435. The second kappa shape index (κ2) is 7.78. The minimum Gasteiger partial charge on any atom is -0.508 e. The molecule has 2 heterocycles. The highest BCUT2D eigenvalue weighted by atomic mass is 16.3. The average molecular weight is 396 g/mol. The molecule has 0 radical (unpaired) electrons. The van der Waals surface area contributed by atoms with Crippen molar-refractivity contribution < 1.29 is 15.0 Å². The van der Waals surface area contributed by atoms with Crippen molar-refractivity contribution in [3.05, 3.63) is 64.2 Å². The Morgan fingerprint density at radius 1 is 1.00 bits per heavy atom. The van der Waals surface area contributed by atoms with Gasteiger partial charge >= 0.3 is 0 Å².